The molecule has 84 valence electrons. The smallest absolute Gasteiger partial charge is 0.220 e. The van der Waals surface area contributed by atoms with Crippen molar-refractivity contribution in [2.24, 2.45) is 0 Å². The molecule has 3 N–H and O–H groups in total. The van der Waals surface area contributed by atoms with Crippen LogP contribution in [0.3, 0.4) is 0 Å². The molecule has 0 unspecified atom stereocenters. The van der Waals surface area contributed by atoms with Crippen molar-refractivity contribution in [2.45, 2.75) is 45.1 Å². The van der Waals surface area contributed by atoms with Gasteiger partial charge in [-0.05, 0) is 6.42 Å². The first kappa shape index (κ1) is 13.4. The molecule has 0 aliphatic carbocycles. The number of carbonyl (C=O) groups excluding carboxylic acids is 1. The molecule has 0 spiro atoms. The van der Waals surface area contributed by atoms with E-state index in [9.17, 15) is 4.79 Å². The minimum absolute atomic E-state index is 0.0887. The van der Waals surface area contributed by atoms with E-state index in [2.05, 4.69) is 12.2 Å². The Kier molecular flexibility index (Phi) is 8.57. The van der Waals surface area contributed by atoms with Gasteiger partial charge in [-0.1, -0.05) is 26.2 Å². The SMILES string of the molecule is CCCCCCC(=O)NC(CO)CO. The summed E-state index contributed by atoms with van der Waals surface area (Å²) in [6, 6.07) is -0.506. The Labute approximate surface area is 85.3 Å². The van der Waals surface area contributed by atoms with E-state index in [1.54, 1.807) is 0 Å². The van der Waals surface area contributed by atoms with Gasteiger partial charge in [-0.3, -0.25) is 4.79 Å². The molecule has 0 saturated carbocycles. The van der Waals surface area contributed by atoms with Gasteiger partial charge >= 0.3 is 0 Å². The molecule has 0 aliphatic rings. The molecule has 4 heteroatoms. The maximum absolute atomic E-state index is 11.2. The van der Waals surface area contributed by atoms with E-state index in [1.165, 1.54) is 0 Å². The summed E-state index contributed by atoms with van der Waals surface area (Å²) >= 11 is 0. The van der Waals surface area contributed by atoms with Crippen molar-refractivity contribution >= 4 is 5.91 Å². The number of aliphatic hydroxyl groups excluding tert-OH is 2. The van der Waals surface area contributed by atoms with Gasteiger partial charge in [-0.2, -0.15) is 0 Å². The topological polar surface area (TPSA) is 69.6 Å². The molecular formula is C10H21NO3. The zero-order chi connectivity index (χ0) is 10.8. The van der Waals surface area contributed by atoms with Crippen LogP contribution in [0.2, 0.25) is 0 Å². The summed E-state index contributed by atoms with van der Waals surface area (Å²) in [6.45, 7) is 1.70. The molecule has 0 heterocycles. The quantitative estimate of drug-likeness (QED) is 0.501. The summed E-state index contributed by atoms with van der Waals surface area (Å²) < 4.78 is 0. The zero-order valence-electron chi connectivity index (χ0n) is 8.83. The van der Waals surface area contributed by atoms with Crippen molar-refractivity contribution in [2.75, 3.05) is 13.2 Å². The van der Waals surface area contributed by atoms with Crippen LogP contribution < -0.4 is 5.32 Å². The number of nitrogens with one attached hydrogen (secondary N) is 1. The summed E-state index contributed by atoms with van der Waals surface area (Å²) in [6.07, 6.45) is 4.72. The fourth-order valence-electron chi connectivity index (χ4n) is 1.16. The van der Waals surface area contributed by atoms with Crippen LogP contribution in [0, 0.1) is 0 Å². The second-order valence-corrected chi connectivity index (χ2v) is 3.44. The Bertz CT molecular complexity index is 146. The number of aliphatic hydroxyl groups is 2. The van der Waals surface area contributed by atoms with Crippen LogP contribution in [0.4, 0.5) is 0 Å². The normalized spacial score (nSPS) is 10.6. The molecule has 0 aromatic carbocycles. The standard InChI is InChI=1S/C10H21NO3/c1-2-3-4-5-6-10(14)11-9(7-12)8-13/h9,12-13H,2-8H2,1H3,(H,11,14). The molecule has 0 aromatic heterocycles. The van der Waals surface area contributed by atoms with Crippen LogP contribution in [-0.4, -0.2) is 35.4 Å². The molecule has 0 rings (SSSR count). The van der Waals surface area contributed by atoms with Crippen LogP contribution in [0.25, 0.3) is 0 Å². The highest BCUT2D eigenvalue weighted by atomic mass is 16.3. The second-order valence-electron chi connectivity index (χ2n) is 3.44. The van der Waals surface area contributed by atoms with Crippen LogP contribution >= 0.6 is 0 Å². The highest BCUT2D eigenvalue weighted by Crippen LogP contribution is 2.02. The third kappa shape index (κ3) is 6.86. The summed E-state index contributed by atoms with van der Waals surface area (Å²) in [5, 5.41) is 20.0. The molecule has 0 saturated heterocycles. The van der Waals surface area contributed by atoms with Crippen molar-refractivity contribution in [1.29, 1.82) is 0 Å². The van der Waals surface area contributed by atoms with Gasteiger partial charge in [0.05, 0.1) is 19.3 Å². The number of rotatable bonds is 8. The Morgan fingerprint density at radius 2 is 1.86 bits per heavy atom. The van der Waals surface area contributed by atoms with Crippen LogP contribution in [0.1, 0.15) is 39.0 Å². The average molecular weight is 203 g/mol. The lowest BCUT2D eigenvalue weighted by molar-refractivity contribution is -0.122. The lowest BCUT2D eigenvalue weighted by Crippen LogP contribution is -2.39. The fourth-order valence-corrected chi connectivity index (χ4v) is 1.16. The molecule has 0 atom stereocenters. The van der Waals surface area contributed by atoms with Gasteiger partial charge in [-0.15, -0.1) is 0 Å². The van der Waals surface area contributed by atoms with Crippen LogP contribution in [0.5, 0.6) is 0 Å². The van der Waals surface area contributed by atoms with E-state index in [-0.39, 0.29) is 19.1 Å². The molecule has 0 aromatic rings. The highest BCUT2D eigenvalue weighted by Gasteiger charge is 2.08. The van der Waals surface area contributed by atoms with Crippen molar-refractivity contribution in [3.05, 3.63) is 0 Å². The van der Waals surface area contributed by atoms with Crippen LogP contribution in [0.15, 0.2) is 0 Å². The van der Waals surface area contributed by atoms with Crippen molar-refractivity contribution in [1.82, 2.24) is 5.32 Å². The minimum atomic E-state index is -0.506. The number of amides is 1. The Hall–Kier alpha value is -0.610. The second kappa shape index (κ2) is 8.97. The summed E-state index contributed by atoms with van der Waals surface area (Å²) in [7, 11) is 0. The van der Waals surface area contributed by atoms with Crippen LogP contribution in [-0.2, 0) is 4.79 Å². The summed E-state index contributed by atoms with van der Waals surface area (Å²) in [5.74, 6) is -0.0887. The predicted molar refractivity (Wildman–Crippen MR) is 54.9 cm³/mol. The maximum atomic E-state index is 11.2. The first-order valence-corrected chi connectivity index (χ1v) is 5.25. The van der Waals surface area contributed by atoms with E-state index in [4.69, 9.17) is 10.2 Å². The number of hydrogen-bond acceptors (Lipinski definition) is 3. The molecular weight excluding hydrogens is 182 g/mol. The molecule has 0 aliphatic heterocycles. The molecule has 1 amide bonds. The monoisotopic (exact) mass is 203 g/mol. The minimum Gasteiger partial charge on any atom is -0.394 e. The molecule has 0 bridgehead atoms. The third-order valence-corrected chi connectivity index (χ3v) is 2.06. The lowest BCUT2D eigenvalue weighted by Gasteiger charge is -2.12. The van der Waals surface area contributed by atoms with E-state index in [1.807, 2.05) is 0 Å². The Balaban J connectivity index is 3.44. The molecule has 0 radical (unpaired) electrons. The first-order valence-electron chi connectivity index (χ1n) is 5.25. The first-order chi connectivity index (χ1) is 6.74. The summed E-state index contributed by atoms with van der Waals surface area (Å²) in [4.78, 5) is 11.2. The van der Waals surface area contributed by atoms with E-state index < -0.39 is 6.04 Å². The Morgan fingerprint density at radius 3 is 2.36 bits per heavy atom. The zero-order valence-corrected chi connectivity index (χ0v) is 8.83. The predicted octanol–water partition coefficient (Wildman–Crippen LogP) is 0.426. The molecule has 0 fully saturated rings. The van der Waals surface area contributed by atoms with Gasteiger partial charge < -0.3 is 15.5 Å². The van der Waals surface area contributed by atoms with Gasteiger partial charge in [0.2, 0.25) is 5.91 Å². The largest absolute Gasteiger partial charge is 0.394 e. The van der Waals surface area contributed by atoms with E-state index in [0.29, 0.717) is 6.42 Å². The van der Waals surface area contributed by atoms with Gasteiger partial charge in [0.15, 0.2) is 0 Å². The van der Waals surface area contributed by atoms with Gasteiger partial charge in [-0.25, -0.2) is 0 Å². The fraction of sp³-hybridized carbons (Fsp3) is 0.900. The van der Waals surface area contributed by atoms with E-state index >= 15 is 0 Å². The maximum Gasteiger partial charge on any atom is 0.220 e. The van der Waals surface area contributed by atoms with Gasteiger partial charge in [0.25, 0.3) is 0 Å². The average Bonchev–Trinajstić information content (AvgIpc) is 2.21. The number of hydrogen-bond donors (Lipinski definition) is 3. The lowest BCUT2D eigenvalue weighted by atomic mass is 10.1. The van der Waals surface area contributed by atoms with Gasteiger partial charge in [0, 0.05) is 6.42 Å². The number of unbranched alkanes of at least 4 members (excludes halogenated alkanes) is 3. The molecule has 4 nitrogen and oxygen atoms in total. The van der Waals surface area contributed by atoms with Crippen molar-refractivity contribution in [3.8, 4) is 0 Å². The van der Waals surface area contributed by atoms with Crippen molar-refractivity contribution in [3.63, 3.8) is 0 Å². The summed E-state index contributed by atoms with van der Waals surface area (Å²) in [5.41, 5.74) is 0. The Morgan fingerprint density at radius 1 is 1.21 bits per heavy atom. The van der Waals surface area contributed by atoms with Crippen molar-refractivity contribution < 1.29 is 15.0 Å². The highest BCUT2D eigenvalue weighted by molar-refractivity contribution is 5.76. The van der Waals surface area contributed by atoms with E-state index in [0.717, 1.165) is 25.7 Å². The number of carbonyl (C=O) groups is 1. The third-order valence-electron chi connectivity index (χ3n) is 2.06. The van der Waals surface area contributed by atoms with Gasteiger partial charge in [0.1, 0.15) is 0 Å². The molecule has 14 heavy (non-hydrogen) atoms.